The summed E-state index contributed by atoms with van der Waals surface area (Å²) in [4.78, 5) is 44.8. The summed E-state index contributed by atoms with van der Waals surface area (Å²) in [6.45, 7) is 3.11. The zero-order valence-corrected chi connectivity index (χ0v) is 24.0. The molecule has 14 heteroatoms. The van der Waals surface area contributed by atoms with Crippen LogP contribution in [-0.4, -0.2) is 55.4 Å². The Balaban J connectivity index is 1.78. The molecule has 0 saturated carbocycles. The van der Waals surface area contributed by atoms with Crippen LogP contribution in [0.1, 0.15) is 40.8 Å². The number of anilines is 1. The second-order valence-corrected chi connectivity index (χ2v) is 12.3. The van der Waals surface area contributed by atoms with E-state index >= 15 is 0 Å². The molecule has 2 aromatic heterocycles. The lowest BCUT2D eigenvalue weighted by Crippen LogP contribution is -2.60. The van der Waals surface area contributed by atoms with Gasteiger partial charge < -0.3 is 19.5 Å². The van der Waals surface area contributed by atoms with E-state index in [0.29, 0.717) is 35.0 Å². The van der Waals surface area contributed by atoms with Crippen LogP contribution in [0.5, 0.6) is 0 Å². The molecule has 2 N–H and O–H groups in total. The third kappa shape index (κ3) is 5.71. The summed E-state index contributed by atoms with van der Waals surface area (Å²) < 4.78 is 37.6. The number of aryl methyl sites for hydroxylation is 1. The normalized spacial score (nSPS) is 15.3. The Morgan fingerprint density at radius 2 is 2.03 bits per heavy atom. The number of hydrogen-bond acceptors (Lipinski definition) is 8. The standard InChI is InChI=1S/C25H28ClN5O6S2/c1-4-37-24(34)25(23-27-12-14-30(23)3,15-28-22(33)18-10-11-20(26)38-18)29-39(35,36)19-8-5-7-17(16(19)2)31-13-6-9-21(31)32/h5,7-8,10-12,14,29H,4,6,9,13,15H2,1-3H3,(H,28,33)/t25-/m1/s1. The molecule has 208 valence electrons. The van der Waals surface area contributed by atoms with Crippen molar-refractivity contribution in [2.24, 2.45) is 7.05 Å². The van der Waals surface area contributed by atoms with E-state index in [1.807, 2.05) is 0 Å². The number of ether oxygens (including phenoxy) is 1. The lowest BCUT2D eigenvalue weighted by Gasteiger charge is -2.32. The highest BCUT2D eigenvalue weighted by Crippen LogP contribution is 2.32. The van der Waals surface area contributed by atoms with Crippen LogP contribution in [0.3, 0.4) is 0 Å². The van der Waals surface area contributed by atoms with Crippen LogP contribution in [0.25, 0.3) is 0 Å². The number of sulfonamides is 1. The van der Waals surface area contributed by atoms with Crippen LogP contribution >= 0.6 is 22.9 Å². The number of halogens is 1. The molecule has 2 amide bonds. The zero-order chi connectivity index (χ0) is 28.4. The summed E-state index contributed by atoms with van der Waals surface area (Å²) in [5.74, 6) is -1.58. The highest BCUT2D eigenvalue weighted by Gasteiger charge is 2.49. The largest absolute Gasteiger partial charge is 0.464 e. The number of rotatable bonds is 10. The molecule has 0 radical (unpaired) electrons. The number of carbonyl (C=O) groups is 3. The Morgan fingerprint density at radius 1 is 1.26 bits per heavy atom. The van der Waals surface area contributed by atoms with Gasteiger partial charge in [-0.2, -0.15) is 4.72 Å². The second kappa shape index (κ2) is 11.5. The minimum Gasteiger partial charge on any atom is -0.464 e. The van der Waals surface area contributed by atoms with Crippen LogP contribution in [0.15, 0.2) is 47.6 Å². The van der Waals surface area contributed by atoms with Crippen LogP contribution in [-0.2, 0) is 36.9 Å². The van der Waals surface area contributed by atoms with Crippen LogP contribution in [0.2, 0.25) is 4.34 Å². The molecule has 3 heterocycles. The van der Waals surface area contributed by atoms with Gasteiger partial charge in [-0.1, -0.05) is 17.7 Å². The molecule has 1 aliphatic rings. The summed E-state index contributed by atoms with van der Waals surface area (Å²) in [6, 6.07) is 7.69. The van der Waals surface area contributed by atoms with Crippen molar-refractivity contribution in [3.05, 3.63) is 63.3 Å². The van der Waals surface area contributed by atoms with Crippen molar-refractivity contribution in [1.82, 2.24) is 19.6 Å². The van der Waals surface area contributed by atoms with Crippen molar-refractivity contribution in [1.29, 1.82) is 0 Å². The Kier molecular flexibility index (Phi) is 8.45. The van der Waals surface area contributed by atoms with E-state index in [1.54, 1.807) is 44.1 Å². The van der Waals surface area contributed by atoms with E-state index in [-0.39, 0.29) is 28.1 Å². The van der Waals surface area contributed by atoms with Crippen molar-refractivity contribution in [2.45, 2.75) is 37.1 Å². The molecule has 0 aliphatic carbocycles. The topological polar surface area (TPSA) is 140 Å². The number of imidazole rings is 1. The Labute approximate surface area is 235 Å². The van der Waals surface area contributed by atoms with Crippen molar-refractivity contribution >= 4 is 56.4 Å². The molecular formula is C25H28ClN5O6S2. The van der Waals surface area contributed by atoms with Gasteiger partial charge >= 0.3 is 5.97 Å². The predicted octanol–water partition coefficient (Wildman–Crippen LogP) is 2.74. The van der Waals surface area contributed by atoms with E-state index in [4.69, 9.17) is 16.3 Å². The molecule has 3 aromatic rings. The van der Waals surface area contributed by atoms with Crippen molar-refractivity contribution in [2.75, 3.05) is 24.6 Å². The monoisotopic (exact) mass is 593 g/mol. The zero-order valence-electron chi connectivity index (χ0n) is 21.6. The lowest BCUT2D eigenvalue weighted by atomic mass is 9.99. The van der Waals surface area contributed by atoms with Gasteiger partial charge in [0.2, 0.25) is 21.5 Å². The number of thiophene rings is 1. The minimum absolute atomic E-state index is 0.0116. The maximum absolute atomic E-state index is 14.0. The van der Waals surface area contributed by atoms with E-state index in [0.717, 1.165) is 11.3 Å². The number of carbonyl (C=O) groups excluding carboxylic acids is 3. The van der Waals surface area contributed by atoms with Crippen LogP contribution < -0.4 is 14.9 Å². The molecule has 1 aliphatic heterocycles. The van der Waals surface area contributed by atoms with Crippen LogP contribution in [0, 0.1) is 6.92 Å². The molecule has 0 bridgehead atoms. The number of amides is 2. The third-order valence-electron chi connectivity index (χ3n) is 6.36. The van der Waals surface area contributed by atoms with Gasteiger partial charge in [0.15, 0.2) is 0 Å². The molecule has 4 rings (SSSR count). The number of nitrogens with zero attached hydrogens (tertiary/aromatic N) is 3. The van der Waals surface area contributed by atoms with E-state index in [1.165, 1.54) is 29.0 Å². The predicted molar refractivity (Wildman–Crippen MR) is 146 cm³/mol. The first-order valence-electron chi connectivity index (χ1n) is 12.1. The molecular weight excluding hydrogens is 566 g/mol. The maximum atomic E-state index is 14.0. The van der Waals surface area contributed by atoms with Gasteiger partial charge in [0, 0.05) is 38.1 Å². The number of benzene rings is 1. The van der Waals surface area contributed by atoms with Gasteiger partial charge in [-0.25, -0.2) is 18.2 Å². The quantitative estimate of drug-likeness (QED) is 0.345. The number of esters is 1. The second-order valence-electron chi connectivity index (χ2n) is 8.93. The summed E-state index contributed by atoms with van der Waals surface area (Å²) in [6.07, 6.45) is 4.01. The molecule has 1 saturated heterocycles. The Morgan fingerprint density at radius 3 is 2.62 bits per heavy atom. The first-order chi connectivity index (χ1) is 18.5. The molecule has 0 unspecified atom stereocenters. The average molecular weight is 594 g/mol. The molecule has 1 fully saturated rings. The molecule has 1 aromatic carbocycles. The number of hydrogen-bond donors (Lipinski definition) is 2. The maximum Gasteiger partial charge on any atom is 0.337 e. The fourth-order valence-corrected chi connectivity index (χ4v) is 7.05. The Bertz CT molecular complexity index is 1520. The fourth-order valence-electron chi connectivity index (χ4n) is 4.51. The van der Waals surface area contributed by atoms with Gasteiger partial charge in [0.05, 0.1) is 27.3 Å². The van der Waals surface area contributed by atoms with Gasteiger partial charge in [-0.05, 0) is 50.1 Å². The smallest absolute Gasteiger partial charge is 0.337 e. The number of aromatic nitrogens is 2. The minimum atomic E-state index is -4.44. The summed E-state index contributed by atoms with van der Waals surface area (Å²) >= 11 is 7.00. The van der Waals surface area contributed by atoms with Crippen molar-refractivity contribution < 1.29 is 27.5 Å². The van der Waals surface area contributed by atoms with E-state index < -0.39 is 34.0 Å². The molecule has 11 nitrogen and oxygen atoms in total. The summed E-state index contributed by atoms with van der Waals surface area (Å²) in [5, 5.41) is 2.64. The van der Waals surface area contributed by atoms with Crippen LogP contribution in [0.4, 0.5) is 5.69 Å². The molecule has 1 atom stereocenters. The first kappa shape index (κ1) is 28.7. The third-order valence-corrected chi connectivity index (χ3v) is 9.22. The van der Waals surface area contributed by atoms with Gasteiger partial charge in [0.25, 0.3) is 5.91 Å². The van der Waals surface area contributed by atoms with Gasteiger partial charge in [0.1, 0.15) is 5.82 Å². The summed E-state index contributed by atoms with van der Waals surface area (Å²) in [5.41, 5.74) is -1.31. The van der Waals surface area contributed by atoms with Gasteiger partial charge in [-0.3, -0.25) is 9.59 Å². The summed E-state index contributed by atoms with van der Waals surface area (Å²) in [7, 11) is -2.85. The fraction of sp³-hybridized carbons (Fsp3) is 0.360. The molecule has 0 spiro atoms. The van der Waals surface area contributed by atoms with Gasteiger partial charge in [-0.15, -0.1) is 11.3 Å². The lowest BCUT2D eigenvalue weighted by molar-refractivity contribution is -0.151. The Hall–Kier alpha value is -3.26. The van der Waals surface area contributed by atoms with Crippen molar-refractivity contribution in [3.63, 3.8) is 0 Å². The van der Waals surface area contributed by atoms with Crippen molar-refractivity contribution in [3.8, 4) is 0 Å². The number of nitrogens with one attached hydrogen (secondary N) is 2. The highest BCUT2D eigenvalue weighted by molar-refractivity contribution is 7.89. The van der Waals surface area contributed by atoms with E-state index in [9.17, 15) is 22.8 Å². The molecule has 39 heavy (non-hydrogen) atoms. The SMILES string of the molecule is CCOC(=O)[C@](CNC(=O)c1ccc(Cl)s1)(NS(=O)(=O)c1cccc(N2CCCC2=O)c1C)c1nccn1C. The first-order valence-corrected chi connectivity index (χ1v) is 14.8. The van der Waals surface area contributed by atoms with E-state index in [2.05, 4.69) is 15.0 Å². The highest BCUT2D eigenvalue weighted by atomic mass is 35.5. The average Bonchev–Trinajstić information content (AvgIpc) is 3.63.